The summed E-state index contributed by atoms with van der Waals surface area (Å²) in [5.41, 5.74) is 5.29. The third-order valence-corrected chi connectivity index (χ3v) is 8.33. The Bertz CT molecular complexity index is 957. The highest BCUT2D eigenvalue weighted by Crippen LogP contribution is 2.37. The summed E-state index contributed by atoms with van der Waals surface area (Å²) in [5.74, 6) is -0.257. The molecule has 0 spiro atoms. The van der Waals surface area contributed by atoms with Gasteiger partial charge in [0.15, 0.2) is 0 Å². The minimum absolute atomic E-state index is 0.128. The molecule has 0 N–H and O–H groups in total. The molecule has 0 aromatic heterocycles. The van der Waals surface area contributed by atoms with E-state index in [0.29, 0.717) is 5.02 Å². The van der Waals surface area contributed by atoms with E-state index in [1.165, 1.54) is 61.7 Å². The van der Waals surface area contributed by atoms with Gasteiger partial charge in [0.2, 0.25) is 0 Å². The number of fused-ring (bicyclic) bond motifs is 1. The van der Waals surface area contributed by atoms with Crippen LogP contribution in [0.1, 0.15) is 62.6 Å². The fourth-order valence-corrected chi connectivity index (χ4v) is 6.41. The molecule has 5 heteroatoms. The van der Waals surface area contributed by atoms with Crippen molar-refractivity contribution in [1.29, 1.82) is 0 Å². The molecule has 3 aliphatic rings. The van der Waals surface area contributed by atoms with Gasteiger partial charge in [-0.05, 0) is 78.2 Å². The van der Waals surface area contributed by atoms with Crippen LogP contribution in [0.2, 0.25) is 5.02 Å². The Morgan fingerprint density at radius 2 is 1.73 bits per heavy atom. The van der Waals surface area contributed by atoms with E-state index >= 15 is 0 Å². The van der Waals surface area contributed by atoms with Crippen LogP contribution < -0.4 is 4.90 Å². The van der Waals surface area contributed by atoms with Gasteiger partial charge in [0.1, 0.15) is 5.82 Å². The molecule has 2 aliphatic heterocycles. The Labute approximate surface area is 203 Å². The smallest absolute Gasteiger partial charge is 0.125 e. The molecule has 33 heavy (non-hydrogen) atoms. The van der Waals surface area contributed by atoms with E-state index in [0.717, 1.165) is 50.7 Å². The van der Waals surface area contributed by atoms with Crippen molar-refractivity contribution in [2.24, 2.45) is 0 Å². The van der Waals surface area contributed by atoms with E-state index in [9.17, 15) is 4.39 Å². The van der Waals surface area contributed by atoms with E-state index in [1.54, 1.807) is 6.07 Å². The molecule has 1 aliphatic carbocycles. The Hall–Kier alpha value is -1.62. The topological polar surface area (TPSA) is 9.72 Å². The maximum atomic E-state index is 13.9. The summed E-state index contributed by atoms with van der Waals surface area (Å²) in [6.45, 7) is 11.9. The van der Waals surface area contributed by atoms with Gasteiger partial charge in [-0.15, -0.1) is 0 Å². The highest BCUT2D eigenvalue weighted by atomic mass is 35.5. The minimum atomic E-state index is -0.257. The standard InChI is InChI=1S/C28H37ClFN3/c1-28(2)9-10-31(19-21-15-23(29)18-24(30)16-21)20-22-17-26(7-8-27(22)28)33-13-11-32(12-14-33)25-5-3-4-6-25/h7-8,15-18,25H,3-6,9-14,19-20H2,1-2H3. The van der Waals surface area contributed by atoms with Crippen LogP contribution in [0.15, 0.2) is 36.4 Å². The summed E-state index contributed by atoms with van der Waals surface area (Å²) in [6, 6.07) is 12.9. The first-order valence-electron chi connectivity index (χ1n) is 12.7. The minimum Gasteiger partial charge on any atom is -0.369 e. The molecule has 0 bridgehead atoms. The zero-order valence-electron chi connectivity index (χ0n) is 20.1. The molecule has 2 aromatic rings. The molecule has 2 aromatic carbocycles. The molecule has 2 fully saturated rings. The van der Waals surface area contributed by atoms with Crippen molar-refractivity contribution in [3.63, 3.8) is 0 Å². The fourth-order valence-electron chi connectivity index (χ4n) is 6.17. The third kappa shape index (κ3) is 5.23. The molecule has 0 atom stereocenters. The number of halogens is 2. The molecule has 0 radical (unpaired) electrons. The molecule has 5 rings (SSSR count). The summed E-state index contributed by atoms with van der Waals surface area (Å²) < 4.78 is 13.9. The molecule has 3 nitrogen and oxygen atoms in total. The molecule has 178 valence electrons. The Morgan fingerprint density at radius 3 is 2.45 bits per heavy atom. The second-order valence-electron chi connectivity index (χ2n) is 10.9. The average molecular weight is 470 g/mol. The van der Waals surface area contributed by atoms with Gasteiger partial charge in [0, 0.05) is 56.0 Å². The van der Waals surface area contributed by atoms with Crippen LogP contribution in [0.4, 0.5) is 10.1 Å². The van der Waals surface area contributed by atoms with Gasteiger partial charge >= 0.3 is 0 Å². The van der Waals surface area contributed by atoms with E-state index in [4.69, 9.17) is 11.6 Å². The van der Waals surface area contributed by atoms with Gasteiger partial charge in [-0.2, -0.15) is 0 Å². The van der Waals surface area contributed by atoms with E-state index in [2.05, 4.69) is 46.7 Å². The van der Waals surface area contributed by atoms with Crippen molar-refractivity contribution < 1.29 is 4.39 Å². The van der Waals surface area contributed by atoms with Crippen molar-refractivity contribution in [3.8, 4) is 0 Å². The zero-order valence-corrected chi connectivity index (χ0v) is 20.9. The van der Waals surface area contributed by atoms with Crippen LogP contribution in [-0.2, 0) is 18.5 Å². The summed E-state index contributed by atoms with van der Waals surface area (Å²) >= 11 is 6.12. The number of rotatable bonds is 4. The van der Waals surface area contributed by atoms with Crippen molar-refractivity contribution in [2.75, 3.05) is 37.6 Å². The number of piperazine rings is 1. The summed E-state index contributed by atoms with van der Waals surface area (Å²) in [4.78, 5) is 7.74. The van der Waals surface area contributed by atoms with Crippen molar-refractivity contribution in [3.05, 3.63) is 63.9 Å². The highest BCUT2D eigenvalue weighted by Gasteiger charge is 2.30. The first-order chi connectivity index (χ1) is 15.9. The highest BCUT2D eigenvalue weighted by molar-refractivity contribution is 6.30. The number of hydrogen-bond donors (Lipinski definition) is 0. The van der Waals surface area contributed by atoms with Gasteiger partial charge in [-0.1, -0.05) is 44.4 Å². The van der Waals surface area contributed by atoms with Crippen LogP contribution in [0.3, 0.4) is 0 Å². The van der Waals surface area contributed by atoms with E-state index in [1.807, 2.05) is 6.07 Å². The molecule has 0 unspecified atom stereocenters. The predicted octanol–water partition coefficient (Wildman–Crippen LogP) is 6.23. The Kier molecular flexibility index (Phi) is 6.70. The largest absolute Gasteiger partial charge is 0.369 e. The molecule has 2 heterocycles. The predicted molar refractivity (Wildman–Crippen MR) is 136 cm³/mol. The van der Waals surface area contributed by atoms with Crippen molar-refractivity contribution in [2.45, 2.75) is 70.5 Å². The SMILES string of the molecule is CC1(C)CCN(Cc2cc(F)cc(Cl)c2)Cc2cc(N3CCN(C4CCCC4)CC3)ccc21. The van der Waals surface area contributed by atoms with Gasteiger partial charge in [0.05, 0.1) is 0 Å². The number of hydrogen-bond acceptors (Lipinski definition) is 3. The lowest BCUT2D eigenvalue weighted by molar-refractivity contribution is 0.187. The number of benzene rings is 2. The molecule has 1 saturated carbocycles. The second-order valence-corrected chi connectivity index (χ2v) is 11.4. The monoisotopic (exact) mass is 469 g/mol. The second kappa shape index (κ2) is 9.56. The normalized spacial score (nSPS) is 22.4. The average Bonchev–Trinajstić information content (AvgIpc) is 3.28. The van der Waals surface area contributed by atoms with Crippen LogP contribution >= 0.6 is 11.6 Å². The fraction of sp³-hybridized carbons (Fsp3) is 0.571. The molecule has 0 amide bonds. The number of anilines is 1. The van der Waals surface area contributed by atoms with Gasteiger partial charge in [-0.3, -0.25) is 9.80 Å². The lowest BCUT2D eigenvalue weighted by atomic mass is 9.80. The first-order valence-corrected chi connectivity index (χ1v) is 13.0. The molecular formula is C28H37ClFN3. The van der Waals surface area contributed by atoms with Crippen LogP contribution in [0.25, 0.3) is 0 Å². The van der Waals surface area contributed by atoms with Crippen molar-refractivity contribution >= 4 is 17.3 Å². The lowest BCUT2D eigenvalue weighted by Crippen LogP contribution is -2.49. The maximum absolute atomic E-state index is 13.9. The van der Waals surface area contributed by atoms with Crippen molar-refractivity contribution in [1.82, 2.24) is 9.80 Å². The number of nitrogens with zero attached hydrogens (tertiary/aromatic N) is 3. The van der Waals surface area contributed by atoms with Crippen LogP contribution in [-0.4, -0.2) is 48.6 Å². The summed E-state index contributed by atoms with van der Waals surface area (Å²) in [6.07, 6.45) is 6.68. The molecular weight excluding hydrogens is 433 g/mol. The third-order valence-electron chi connectivity index (χ3n) is 8.11. The summed E-state index contributed by atoms with van der Waals surface area (Å²) in [7, 11) is 0. The van der Waals surface area contributed by atoms with Gasteiger partial charge < -0.3 is 4.90 Å². The maximum Gasteiger partial charge on any atom is 0.125 e. The van der Waals surface area contributed by atoms with Crippen LogP contribution in [0.5, 0.6) is 0 Å². The zero-order chi connectivity index (χ0) is 23.0. The van der Waals surface area contributed by atoms with Gasteiger partial charge in [-0.25, -0.2) is 4.39 Å². The Balaban J connectivity index is 1.32. The Morgan fingerprint density at radius 1 is 0.970 bits per heavy atom. The van der Waals surface area contributed by atoms with E-state index in [-0.39, 0.29) is 11.2 Å². The molecule has 1 saturated heterocycles. The first kappa shape index (κ1) is 23.1. The quantitative estimate of drug-likeness (QED) is 0.525. The van der Waals surface area contributed by atoms with Crippen LogP contribution in [0, 0.1) is 5.82 Å². The van der Waals surface area contributed by atoms with Gasteiger partial charge in [0.25, 0.3) is 0 Å². The summed E-state index contributed by atoms with van der Waals surface area (Å²) in [5, 5.41) is 0.472. The van der Waals surface area contributed by atoms with E-state index < -0.39 is 0 Å². The lowest BCUT2D eigenvalue weighted by Gasteiger charge is -2.39.